The van der Waals surface area contributed by atoms with Crippen molar-refractivity contribution in [3.8, 4) is 0 Å². The van der Waals surface area contributed by atoms with E-state index in [2.05, 4.69) is 6.58 Å². The molecule has 15 heavy (non-hydrogen) atoms. The van der Waals surface area contributed by atoms with Gasteiger partial charge < -0.3 is 0 Å². The molecule has 1 N–H and O–H groups in total. The maximum Gasteiger partial charge on any atom is 0.412 e. The first-order valence-corrected chi connectivity index (χ1v) is 5.40. The summed E-state index contributed by atoms with van der Waals surface area (Å²) in [7, 11) is -4.44. The van der Waals surface area contributed by atoms with Crippen molar-refractivity contribution in [1.82, 2.24) is 0 Å². The molecule has 3 nitrogen and oxygen atoms in total. The summed E-state index contributed by atoms with van der Waals surface area (Å²) in [4.78, 5) is -0.619. The van der Waals surface area contributed by atoms with E-state index in [-0.39, 0.29) is 0 Å². The second-order valence-electron chi connectivity index (χ2n) is 2.83. The summed E-state index contributed by atoms with van der Waals surface area (Å²) in [6, 6.07) is 0. The van der Waals surface area contributed by atoms with Crippen LogP contribution >= 0.6 is 0 Å². The molecule has 88 valence electrons. The van der Waals surface area contributed by atoms with E-state index in [0.29, 0.717) is 0 Å². The molecule has 0 amide bonds. The summed E-state index contributed by atoms with van der Waals surface area (Å²) in [6.45, 7) is 4.19. The molecule has 0 saturated carbocycles. The molecule has 0 aliphatic heterocycles. The Kier molecular flexibility index (Phi) is 4.54. The molecular formula is C8H11F3O3S. The van der Waals surface area contributed by atoms with Gasteiger partial charge in [0.05, 0.1) is 4.91 Å². The molecular weight excluding hydrogens is 233 g/mol. The van der Waals surface area contributed by atoms with Crippen molar-refractivity contribution in [2.75, 3.05) is 0 Å². The zero-order chi connectivity index (χ0) is 12.3. The Hall–Kier alpha value is -0.820. The third-order valence-corrected chi connectivity index (χ3v) is 2.68. The molecule has 0 aromatic carbocycles. The molecule has 7 heteroatoms. The lowest BCUT2D eigenvalue weighted by Gasteiger charge is -2.10. The molecule has 0 rings (SSSR count). The van der Waals surface area contributed by atoms with Crippen LogP contribution in [0.5, 0.6) is 0 Å². The lowest BCUT2D eigenvalue weighted by molar-refractivity contribution is -0.0940. The first-order chi connectivity index (χ1) is 6.59. The van der Waals surface area contributed by atoms with Gasteiger partial charge in [0.1, 0.15) is 0 Å². The van der Waals surface area contributed by atoms with Gasteiger partial charge >= 0.3 is 6.18 Å². The van der Waals surface area contributed by atoms with Crippen molar-refractivity contribution in [3.63, 3.8) is 0 Å². The Morgan fingerprint density at radius 1 is 1.40 bits per heavy atom. The largest absolute Gasteiger partial charge is 0.412 e. The van der Waals surface area contributed by atoms with Crippen LogP contribution in [0.4, 0.5) is 13.2 Å². The summed E-state index contributed by atoms with van der Waals surface area (Å²) < 4.78 is 65.8. The highest BCUT2D eigenvalue weighted by Crippen LogP contribution is 2.30. The van der Waals surface area contributed by atoms with Crippen molar-refractivity contribution >= 4 is 10.1 Å². The maximum absolute atomic E-state index is 12.2. The normalized spacial score (nSPS) is 14.1. The van der Waals surface area contributed by atoms with E-state index in [1.165, 1.54) is 6.92 Å². The van der Waals surface area contributed by atoms with E-state index >= 15 is 0 Å². The van der Waals surface area contributed by atoms with E-state index in [4.69, 9.17) is 4.55 Å². The first kappa shape index (κ1) is 14.2. The van der Waals surface area contributed by atoms with Crippen molar-refractivity contribution in [1.29, 1.82) is 0 Å². The molecule has 0 spiro atoms. The topological polar surface area (TPSA) is 54.4 Å². The van der Waals surface area contributed by atoms with Crippen LogP contribution in [0.3, 0.4) is 0 Å². The van der Waals surface area contributed by atoms with Crippen LogP contribution < -0.4 is 0 Å². The van der Waals surface area contributed by atoms with Crippen molar-refractivity contribution in [2.24, 2.45) is 0 Å². The van der Waals surface area contributed by atoms with Crippen LogP contribution in [0.25, 0.3) is 0 Å². The second-order valence-corrected chi connectivity index (χ2v) is 4.35. The Balaban J connectivity index is 4.48. The number of allylic oxidation sites excluding steroid dienone is 3. The number of hydrogen-bond donors (Lipinski definition) is 1. The van der Waals surface area contributed by atoms with Gasteiger partial charge in [0.15, 0.2) is 0 Å². The van der Waals surface area contributed by atoms with Gasteiger partial charge in [-0.15, -0.1) is 0 Å². The molecule has 0 aliphatic rings. The smallest absolute Gasteiger partial charge is 0.282 e. The summed E-state index contributed by atoms with van der Waals surface area (Å²) in [5.74, 6) is 0. The van der Waals surface area contributed by atoms with Crippen LogP contribution in [0.1, 0.15) is 19.8 Å². The van der Waals surface area contributed by atoms with Crippen LogP contribution in [-0.2, 0) is 10.1 Å². The van der Waals surface area contributed by atoms with Gasteiger partial charge in [0, 0.05) is 5.57 Å². The maximum atomic E-state index is 12.2. The van der Waals surface area contributed by atoms with Gasteiger partial charge in [-0.05, 0) is 19.8 Å². The predicted molar refractivity (Wildman–Crippen MR) is 49.7 cm³/mol. The number of alkyl halides is 3. The Morgan fingerprint density at radius 2 is 1.87 bits per heavy atom. The molecule has 0 atom stereocenters. The average Bonchev–Trinajstić information content (AvgIpc) is 2.00. The van der Waals surface area contributed by atoms with Gasteiger partial charge in [0.2, 0.25) is 0 Å². The number of halogens is 3. The average molecular weight is 244 g/mol. The van der Waals surface area contributed by atoms with Gasteiger partial charge in [-0.2, -0.15) is 21.6 Å². The Labute approximate surface area is 86.0 Å². The SMILES string of the molecule is C=C(CC/C(=C\C)C(F)(F)F)S(=O)(=O)O. The molecule has 0 fully saturated rings. The van der Waals surface area contributed by atoms with Gasteiger partial charge in [0.25, 0.3) is 10.1 Å². The predicted octanol–water partition coefficient (Wildman–Crippen LogP) is 2.68. The van der Waals surface area contributed by atoms with E-state index in [0.717, 1.165) is 6.08 Å². The quantitative estimate of drug-likeness (QED) is 0.611. The summed E-state index contributed by atoms with van der Waals surface area (Å²) in [5.41, 5.74) is -0.840. The molecule has 0 unspecified atom stereocenters. The standard InChI is InChI=1S/C8H11F3O3S/c1-3-7(8(9,10)11)5-4-6(2)15(12,13)14/h3H,2,4-5H2,1H3,(H,12,13,14)/b7-3+. The van der Waals surface area contributed by atoms with Crippen LogP contribution in [0.2, 0.25) is 0 Å². The summed E-state index contributed by atoms with van der Waals surface area (Å²) >= 11 is 0. The monoisotopic (exact) mass is 244 g/mol. The molecule has 0 radical (unpaired) electrons. The van der Waals surface area contributed by atoms with Crippen LogP contribution in [-0.4, -0.2) is 19.1 Å². The molecule has 0 aliphatic carbocycles. The van der Waals surface area contributed by atoms with E-state index in [9.17, 15) is 21.6 Å². The minimum atomic E-state index is -4.48. The van der Waals surface area contributed by atoms with Gasteiger partial charge in [-0.3, -0.25) is 4.55 Å². The Bertz CT molecular complexity index is 365. The third-order valence-electron chi connectivity index (χ3n) is 1.75. The Morgan fingerprint density at radius 3 is 2.13 bits per heavy atom. The lowest BCUT2D eigenvalue weighted by Crippen LogP contribution is -2.12. The van der Waals surface area contributed by atoms with Gasteiger partial charge in [-0.1, -0.05) is 12.7 Å². The van der Waals surface area contributed by atoms with E-state index in [1.54, 1.807) is 0 Å². The fraction of sp³-hybridized carbons (Fsp3) is 0.500. The molecule has 0 saturated heterocycles. The van der Waals surface area contributed by atoms with E-state index < -0.39 is 39.6 Å². The van der Waals surface area contributed by atoms with Gasteiger partial charge in [-0.25, -0.2) is 0 Å². The fourth-order valence-electron chi connectivity index (χ4n) is 0.853. The highest BCUT2D eigenvalue weighted by atomic mass is 32.2. The minimum absolute atomic E-state index is 0.446. The minimum Gasteiger partial charge on any atom is -0.282 e. The highest BCUT2D eigenvalue weighted by Gasteiger charge is 2.32. The molecule has 0 aromatic heterocycles. The fourth-order valence-corrected chi connectivity index (χ4v) is 1.21. The molecule has 0 bridgehead atoms. The van der Waals surface area contributed by atoms with Crippen molar-refractivity contribution in [2.45, 2.75) is 25.9 Å². The first-order valence-electron chi connectivity index (χ1n) is 3.96. The van der Waals surface area contributed by atoms with Crippen molar-refractivity contribution in [3.05, 3.63) is 23.1 Å². The highest BCUT2D eigenvalue weighted by molar-refractivity contribution is 7.89. The zero-order valence-corrected chi connectivity index (χ0v) is 8.82. The van der Waals surface area contributed by atoms with Crippen LogP contribution in [0.15, 0.2) is 23.1 Å². The van der Waals surface area contributed by atoms with Crippen LogP contribution in [0, 0.1) is 0 Å². The molecule has 0 aromatic rings. The second kappa shape index (κ2) is 4.80. The lowest BCUT2D eigenvalue weighted by atomic mass is 10.1. The van der Waals surface area contributed by atoms with E-state index in [1.807, 2.05) is 0 Å². The number of hydrogen-bond acceptors (Lipinski definition) is 2. The third kappa shape index (κ3) is 4.98. The van der Waals surface area contributed by atoms with Crippen molar-refractivity contribution < 1.29 is 26.1 Å². The summed E-state index contributed by atoms with van der Waals surface area (Å²) in [5, 5.41) is 0. The molecule has 0 heterocycles. The zero-order valence-electron chi connectivity index (χ0n) is 8.00. The number of rotatable bonds is 4. The summed E-state index contributed by atoms with van der Waals surface area (Å²) in [6.07, 6.45) is -4.58.